The van der Waals surface area contributed by atoms with Crippen LogP contribution in [0.15, 0.2) is 23.3 Å². The molecule has 1 N–H and O–H groups in total. The number of epoxide rings is 1. The number of fused-ring (bicyclic) bond motifs is 3. The van der Waals surface area contributed by atoms with E-state index in [1.165, 1.54) is 40.9 Å². The molecule has 5 fully saturated rings. The van der Waals surface area contributed by atoms with Crippen LogP contribution in [0.1, 0.15) is 80.6 Å². The van der Waals surface area contributed by atoms with Gasteiger partial charge in [-0.3, -0.25) is 19.2 Å². The van der Waals surface area contributed by atoms with Crippen molar-refractivity contribution in [2.75, 3.05) is 13.7 Å². The number of ether oxygens (including phenoxy) is 9. The van der Waals surface area contributed by atoms with Crippen LogP contribution in [0, 0.1) is 22.7 Å². The lowest BCUT2D eigenvalue weighted by Gasteiger charge is -2.64. The molecule has 15 atom stereocenters. The van der Waals surface area contributed by atoms with Crippen LogP contribution in [0.2, 0.25) is 0 Å². The Hall–Kier alpha value is -3.37. The van der Waals surface area contributed by atoms with Crippen LogP contribution in [0.4, 0.5) is 0 Å². The molecule has 7 rings (SSSR count). The second-order valence-electron chi connectivity index (χ2n) is 16.2. The molecule has 3 aliphatic heterocycles. The average Bonchev–Trinajstić information content (AvgIpc) is 3.50. The summed E-state index contributed by atoms with van der Waals surface area (Å²) in [5.74, 6) is -4.11. The van der Waals surface area contributed by atoms with E-state index >= 15 is 0 Å². The van der Waals surface area contributed by atoms with Crippen molar-refractivity contribution in [2.24, 2.45) is 22.7 Å². The second kappa shape index (κ2) is 13.1. The Labute approximate surface area is 307 Å². The van der Waals surface area contributed by atoms with Gasteiger partial charge in [0.2, 0.25) is 0 Å². The van der Waals surface area contributed by atoms with Crippen molar-refractivity contribution in [1.82, 2.24) is 0 Å². The zero-order valence-corrected chi connectivity index (χ0v) is 31.4. The first-order valence-electron chi connectivity index (χ1n) is 18.4. The Bertz CT molecular complexity index is 1640. The van der Waals surface area contributed by atoms with E-state index in [0.29, 0.717) is 24.8 Å². The number of methoxy groups -OCH3 is 1. The summed E-state index contributed by atoms with van der Waals surface area (Å²) in [6.07, 6.45) is -2.43. The highest BCUT2D eigenvalue weighted by molar-refractivity contribution is 5.85. The van der Waals surface area contributed by atoms with Gasteiger partial charge in [0.05, 0.1) is 12.2 Å². The Morgan fingerprint density at radius 1 is 0.925 bits per heavy atom. The van der Waals surface area contributed by atoms with Gasteiger partial charge in [0.15, 0.2) is 12.4 Å². The predicted octanol–water partition coefficient (Wildman–Crippen LogP) is 2.39. The summed E-state index contributed by atoms with van der Waals surface area (Å²) < 4.78 is 54.3. The Morgan fingerprint density at radius 2 is 1.58 bits per heavy atom. The SMILES string of the molecule is CO[C@@H]1C[C@@H](C)O[C@@H](O[C@@H]2C=C3C[C@@H]4O[C@]45[C@H]([C@H](OC(C)=O)[C@@H](OC(C)=O)[C@]4(C)[C@@H](C6=CC(=O)OC6)CC[C@@]45O)[C@@]3(C)C[C@H]2OC(C)=O)[C@@H]1OC(C)=O. The van der Waals surface area contributed by atoms with E-state index in [2.05, 4.69) is 0 Å². The van der Waals surface area contributed by atoms with Gasteiger partial charge >= 0.3 is 29.8 Å². The highest BCUT2D eigenvalue weighted by atomic mass is 16.7. The quantitative estimate of drug-likeness (QED) is 0.165. The van der Waals surface area contributed by atoms with Crippen LogP contribution in [-0.2, 0) is 66.6 Å². The topological polar surface area (TPSA) is 192 Å². The van der Waals surface area contributed by atoms with Gasteiger partial charge in [-0.15, -0.1) is 0 Å². The Balaban J connectivity index is 1.33. The largest absolute Gasteiger partial charge is 0.459 e. The summed E-state index contributed by atoms with van der Waals surface area (Å²) in [6.45, 7) is 10.8. The maximum Gasteiger partial charge on any atom is 0.331 e. The zero-order chi connectivity index (χ0) is 38.4. The molecule has 53 heavy (non-hydrogen) atoms. The standard InChI is InChI=1S/C38H50O15/c1-17-11-26(45-8)30(49-19(3)40)34(47-17)52-25-13-23-14-28-38(53-28)32(35(23,6)15-27(25)48-18(2)39)31(50-20(4)41)33(51-21(5)42)36(7)24(9-10-37(36,38)44)22-12-29(43)46-16-22/h12-13,17,24-28,30-34,44H,9-11,14-16H2,1-8H3/t17-,24-,25-,26-,27-,28+,30-,31+,32-,33-,34+,35+,36+,37-,38+/m1/s1. The van der Waals surface area contributed by atoms with Gasteiger partial charge in [0.25, 0.3) is 0 Å². The Morgan fingerprint density at radius 3 is 2.19 bits per heavy atom. The maximum atomic E-state index is 13.2. The molecule has 0 aromatic heterocycles. The minimum atomic E-state index is -1.61. The van der Waals surface area contributed by atoms with Gasteiger partial charge in [-0.05, 0) is 44.1 Å². The van der Waals surface area contributed by atoms with Crippen LogP contribution >= 0.6 is 0 Å². The minimum absolute atomic E-state index is 0.0316. The molecule has 1 spiro atoms. The lowest BCUT2D eigenvalue weighted by Crippen LogP contribution is -2.77. The number of esters is 5. The number of hydrogen-bond donors (Lipinski definition) is 1. The third kappa shape index (κ3) is 5.75. The molecule has 2 saturated heterocycles. The molecular formula is C38H50O15. The van der Waals surface area contributed by atoms with Crippen LogP contribution < -0.4 is 0 Å². The van der Waals surface area contributed by atoms with Crippen molar-refractivity contribution in [3.8, 4) is 0 Å². The summed E-state index contributed by atoms with van der Waals surface area (Å²) in [5, 5.41) is 13.2. The molecule has 15 nitrogen and oxygen atoms in total. The highest BCUT2D eigenvalue weighted by Gasteiger charge is 2.89. The third-order valence-corrected chi connectivity index (χ3v) is 13.2. The molecule has 7 aliphatic rings. The number of carbonyl (C=O) groups is 5. The predicted molar refractivity (Wildman–Crippen MR) is 178 cm³/mol. The van der Waals surface area contributed by atoms with E-state index in [1.54, 1.807) is 0 Å². The van der Waals surface area contributed by atoms with E-state index in [9.17, 15) is 29.1 Å². The number of rotatable bonds is 8. The van der Waals surface area contributed by atoms with Crippen molar-refractivity contribution in [1.29, 1.82) is 0 Å². The monoisotopic (exact) mass is 746 g/mol. The van der Waals surface area contributed by atoms with Crippen molar-refractivity contribution < 1.29 is 71.7 Å². The lowest BCUT2D eigenvalue weighted by molar-refractivity contribution is -0.293. The first-order chi connectivity index (χ1) is 24.9. The summed E-state index contributed by atoms with van der Waals surface area (Å²) in [4.78, 5) is 63.1. The smallest absolute Gasteiger partial charge is 0.331 e. The molecule has 3 saturated carbocycles. The minimum Gasteiger partial charge on any atom is -0.459 e. The fourth-order valence-corrected chi connectivity index (χ4v) is 11.3. The molecule has 0 bridgehead atoms. The van der Waals surface area contributed by atoms with Gasteiger partial charge < -0.3 is 47.7 Å². The second-order valence-corrected chi connectivity index (χ2v) is 16.2. The fraction of sp³-hybridized carbons (Fsp3) is 0.763. The fourth-order valence-electron chi connectivity index (χ4n) is 11.3. The van der Waals surface area contributed by atoms with E-state index in [1.807, 2.05) is 26.8 Å². The van der Waals surface area contributed by atoms with Crippen LogP contribution in [0.25, 0.3) is 0 Å². The molecule has 0 amide bonds. The molecule has 0 radical (unpaired) electrons. The molecule has 0 aromatic rings. The number of cyclic esters (lactones) is 1. The first kappa shape index (κ1) is 37.9. The Kier molecular flexibility index (Phi) is 9.40. The van der Waals surface area contributed by atoms with Crippen molar-refractivity contribution in [2.45, 2.75) is 147 Å². The summed E-state index contributed by atoms with van der Waals surface area (Å²) in [5.41, 5.74) is -3.58. The first-order valence-corrected chi connectivity index (χ1v) is 18.4. The number of aliphatic hydroxyl groups is 1. The van der Waals surface area contributed by atoms with Gasteiger partial charge in [0.1, 0.15) is 48.3 Å². The lowest BCUT2D eigenvalue weighted by atomic mass is 9.42. The van der Waals surface area contributed by atoms with E-state index in [4.69, 9.17) is 42.6 Å². The molecule has 15 heteroatoms. The number of hydrogen-bond acceptors (Lipinski definition) is 15. The van der Waals surface area contributed by atoms with Crippen molar-refractivity contribution in [3.63, 3.8) is 0 Å². The molecule has 0 aromatic carbocycles. The molecule has 292 valence electrons. The third-order valence-electron chi connectivity index (χ3n) is 13.2. The summed E-state index contributed by atoms with van der Waals surface area (Å²) in [7, 11) is 1.52. The van der Waals surface area contributed by atoms with Gasteiger partial charge in [0, 0.05) is 64.0 Å². The molecule has 0 unspecified atom stereocenters. The van der Waals surface area contributed by atoms with Crippen molar-refractivity contribution >= 4 is 29.8 Å². The van der Waals surface area contributed by atoms with Crippen LogP contribution in [0.5, 0.6) is 0 Å². The van der Waals surface area contributed by atoms with Gasteiger partial charge in [-0.2, -0.15) is 0 Å². The average molecular weight is 747 g/mol. The molecule has 4 aliphatic carbocycles. The molecular weight excluding hydrogens is 696 g/mol. The maximum absolute atomic E-state index is 13.2. The van der Waals surface area contributed by atoms with E-state index in [-0.39, 0.29) is 25.6 Å². The summed E-state index contributed by atoms with van der Waals surface area (Å²) in [6, 6.07) is 0. The van der Waals surface area contributed by atoms with E-state index in [0.717, 1.165) is 5.57 Å². The molecule has 3 heterocycles. The summed E-state index contributed by atoms with van der Waals surface area (Å²) >= 11 is 0. The highest BCUT2D eigenvalue weighted by Crippen LogP contribution is 2.78. The van der Waals surface area contributed by atoms with Crippen LogP contribution in [-0.4, -0.2) is 115 Å². The van der Waals surface area contributed by atoms with Crippen LogP contribution in [0.3, 0.4) is 0 Å². The van der Waals surface area contributed by atoms with E-state index < -0.39 is 113 Å². The van der Waals surface area contributed by atoms with Crippen molar-refractivity contribution in [3.05, 3.63) is 23.3 Å². The normalized spacial score (nSPS) is 46.6. The van der Waals surface area contributed by atoms with Gasteiger partial charge in [-0.1, -0.05) is 25.5 Å². The van der Waals surface area contributed by atoms with Gasteiger partial charge in [-0.25, -0.2) is 4.79 Å². The number of carbonyl (C=O) groups excluding carboxylic acids is 5. The zero-order valence-electron chi connectivity index (χ0n) is 31.4.